The van der Waals surface area contributed by atoms with E-state index in [0.717, 1.165) is 38.1 Å². The second-order valence-corrected chi connectivity index (χ2v) is 9.00. The molecule has 0 aliphatic heterocycles. The minimum Gasteiger partial charge on any atom is -0.493 e. The van der Waals surface area contributed by atoms with E-state index in [-0.39, 0.29) is 0 Å². The van der Waals surface area contributed by atoms with Crippen LogP contribution in [0.2, 0.25) is 0 Å². The van der Waals surface area contributed by atoms with Gasteiger partial charge >= 0.3 is 0 Å². The Morgan fingerprint density at radius 1 is 0.879 bits per heavy atom. The maximum atomic E-state index is 5.43. The van der Waals surface area contributed by atoms with Crippen LogP contribution in [0.1, 0.15) is 10.6 Å². The molecule has 0 atom stereocenters. The number of thiophene rings is 1. The molecule has 0 radical (unpaired) electrons. The van der Waals surface area contributed by atoms with E-state index in [1.54, 1.807) is 36.9 Å². The number of aromatic nitrogens is 3. The van der Waals surface area contributed by atoms with Crippen molar-refractivity contribution in [2.75, 3.05) is 14.2 Å². The van der Waals surface area contributed by atoms with Gasteiger partial charge in [-0.3, -0.25) is 0 Å². The molecule has 7 heteroatoms. The molecule has 2 aromatic carbocycles. The number of ether oxygens (including phenoxy) is 2. The number of hydrogen-bond acceptors (Lipinski definition) is 6. The summed E-state index contributed by atoms with van der Waals surface area (Å²) in [6, 6.07) is 20.1. The first-order chi connectivity index (χ1) is 16.2. The van der Waals surface area contributed by atoms with Crippen LogP contribution in [-0.4, -0.2) is 29.0 Å². The molecule has 0 saturated carbocycles. The Morgan fingerprint density at radius 2 is 1.73 bits per heavy atom. The molecule has 5 aromatic rings. The molecule has 0 aliphatic rings. The Bertz CT molecular complexity index is 1390. The van der Waals surface area contributed by atoms with Crippen molar-refractivity contribution in [1.82, 2.24) is 14.8 Å². The van der Waals surface area contributed by atoms with Gasteiger partial charge in [-0.1, -0.05) is 24.3 Å². The third-order valence-corrected chi connectivity index (χ3v) is 6.81. The molecule has 164 valence electrons. The molecule has 0 fully saturated rings. The summed E-state index contributed by atoms with van der Waals surface area (Å²) in [5.74, 6) is 1.39. The Morgan fingerprint density at radius 3 is 2.48 bits per heavy atom. The van der Waals surface area contributed by atoms with Gasteiger partial charge in [0.25, 0.3) is 0 Å². The fraction of sp³-hybridized carbons (Fsp3) is 0.0769. The second kappa shape index (κ2) is 9.44. The van der Waals surface area contributed by atoms with E-state index in [4.69, 9.17) is 19.6 Å². The van der Waals surface area contributed by atoms with E-state index >= 15 is 0 Å². The standard InChI is InChI=1S/C26H21N3O2S2/c1-30-22-12-10-18(15-23(22)31-2)21-17-33-25(27-21)13-11-19-16-29(20-7-4-3-5-8-20)28-26(19)24-9-6-14-32-24/h3-17H,1-2H3. The van der Waals surface area contributed by atoms with E-state index in [0.29, 0.717) is 11.5 Å². The molecule has 5 nitrogen and oxygen atoms in total. The Hall–Kier alpha value is -3.68. The van der Waals surface area contributed by atoms with Gasteiger partial charge in [0.15, 0.2) is 11.5 Å². The molecule has 3 heterocycles. The van der Waals surface area contributed by atoms with Crippen molar-refractivity contribution in [1.29, 1.82) is 0 Å². The highest BCUT2D eigenvalue weighted by atomic mass is 32.1. The molecule has 5 rings (SSSR count). The average molecular weight is 472 g/mol. The summed E-state index contributed by atoms with van der Waals surface area (Å²) in [6.45, 7) is 0. The van der Waals surface area contributed by atoms with Crippen molar-refractivity contribution < 1.29 is 9.47 Å². The lowest BCUT2D eigenvalue weighted by Crippen LogP contribution is -1.93. The van der Waals surface area contributed by atoms with Gasteiger partial charge in [-0.25, -0.2) is 9.67 Å². The number of methoxy groups -OCH3 is 2. The number of nitrogens with zero attached hydrogens (tertiary/aromatic N) is 3. The van der Waals surface area contributed by atoms with Gasteiger partial charge in [0.2, 0.25) is 0 Å². The topological polar surface area (TPSA) is 49.2 Å². The second-order valence-electron chi connectivity index (χ2n) is 7.16. The summed E-state index contributed by atoms with van der Waals surface area (Å²) < 4.78 is 12.7. The SMILES string of the molecule is COc1ccc(-c2csc(C=Cc3cn(-c4ccccc4)nc3-c3cccs3)n2)cc1OC. The summed E-state index contributed by atoms with van der Waals surface area (Å²) in [6.07, 6.45) is 6.18. The zero-order valence-corrected chi connectivity index (χ0v) is 19.8. The zero-order valence-electron chi connectivity index (χ0n) is 18.1. The predicted molar refractivity (Wildman–Crippen MR) is 136 cm³/mol. The quantitative estimate of drug-likeness (QED) is 0.259. The van der Waals surface area contributed by atoms with Crippen LogP contribution < -0.4 is 9.47 Å². The number of rotatable bonds is 7. The van der Waals surface area contributed by atoms with Crippen LogP contribution >= 0.6 is 22.7 Å². The molecule has 33 heavy (non-hydrogen) atoms. The van der Waals surface area contributed by atoms with Crippen LogP contribution in [0.15, 0.2) is 77.6 Å². The smallest absolute Gasteiger partial charge is 0.161 e. The normalized spacial score (nSPS) is 11.2. The number of benzene rings is 2. The number of hydrogen-bond donors (Lipinski definition) is 0. The van der Waals surface area contributed by atoms with Gasteiger partial charge in [-0.05, 0) is 53.9 Å². The highest BCUT2D eigenvalue weighted by Crippen LogP contribution is 2.33. The minimum atomic E-state index is 0.689. The number of thiazole rings is 1. The predicted octanol–water partition coefficient (Wildman–Crippen LogP) is 6.91. The summed E-state index contributed by atoms with van der Waals surface area (Å²) in [4.78, 5) is 5.93. The third kappa shape index (κ3) is 4.46. The lowest BCUT2D eigenvalue weighted by molar-refractivity contribution is 0.355. The molecular formula is C26H21N3O2S2. The van der Waals surface area contributed by atoms with Crippen LogP contribution in [0.5, 0.6) is 11.5 Å². The molecule has 0 unspecified atom stereocenters. The Kier molecular flexibility index (Phi) is 6.06. The first kappa shape index (κ1) is 21.2. The molecule has 3 aromatic heterocycles. The zero-order chi connectivity index (χ0) is 22.6. The summed E-state index contributed by atoms with van der Waals surface area (Å²) in [5, 5.41) is 9.90. The highest BCUT2D eigenvalue weighted by molar-refractivity contribution is 7.13. The van der Waals surface area contributed by atoms with Crippen LogP contribution in [0.25, 0.3) is 39.7 Å². The summed E-state index contributed by atoms with van der Waals surface area (Å²) in [5.41, 5.74) is 4.92. The molecule has 0 N–H and O–H groups in total. The van der Waals surface area contributed by atoms with E-state index in [1.165, 1.54) is 0 Å². The van der Waals surface area contributed by atoms with E-state index in [9.17, 15) is 0 Å². The van der Waals surface area contributed by atoms with Crippen LogP contribution in [0, 0.1) is 0 Å². The van der Waals surface area contributed by atoms with E-state index < -0.39 is 0 Å². The lowest BCUT2D eigenvalue weighted by atomic mass is 10.1. The van der Waals surface area contributed by atoms with Gasteiger partial charge in [0.1, 0.15) is 10.7 Å². The first-order valence-corrected chi connectivity index (χ1v) is 12.1. The molecular weight excluding hydrogens is 450 g/mol. The average Bonchev–Trinajstić information content (AvgIpc) is 3.63. The van der Waals surface area contributed by atoms with Gasteiger partial charge in [-0.2, -0.15) is 5.10 Å². The molecule has 0 spiro atoms. The van der Waals surface area contributed by atoms with Crippen molar-refractivity contribution >= 4 is 34.8 Å². The Balaban J connectivity index is 1.45. The third-order valence-electron chi connectivity index (χ3n) is 5.12. The monoisotopic (exact) mass is 471 g/mol. The molecule has 0 saturated heterocycles. The summed E-state index contributed by atoms with van der Waals surface area (Å²) in [7, 11) is 3.27. The van der Waals surface area contributed by atoms with Crippen molar-refractivity contribution in [3.63, 3.8) is 0 Å². The minimum absolute atomic E-state index is 0.689. The van der Waals surface area contributed by atoms with Gasteiger partial charge in [0, 0.05) is 22.7 Å². The van der Waals surface area contributed by atoms with E-state index in [1.807, 2.05) is 53.2 Å². The van der Waals surface area contributed by atoms with Crippen molar-refractivity contribution in [3.05, 3.63) is 88.2 Å². The van der Waals surface area contributed by atoms with Crippen LogP contribution in [0.3, 0.4) is 0 Å². The number of para-hydroxylation sites is 1. The molecule has 0 aliphatic carbocycles. The van der Waals surface area contributed by atoms with Crippen molar-refractivity contribution in [2.45, 2.75) is 0 Å². The highest BCUT2D eigenvalue weighted by Gasteiger charge is 2.12. The maximum Gasteiger partial charge on any atom is 0.161 e. The van der Waals surface area contributed by atoms with Crippen LogP contribution in [0.4, 0.5) is 0 Å². The largest absolute Gasteiger partial charge is 0.493 e. The molecule has 0 amide bonds. The fourth-order valence-corrected chi connectivity index (χ4v) is 4.93. The first-order valence-electron chi connectivity index (χ1n) is 10.3. The van der Waals surface area contributed by atoms with Crippen molar-refractivity contribution in [2.24, 2.45) is 0 Å². The van der Waals surface area contributed by atoms with Gasteiger partial charge in [-0.15, -0.1) is 22.7 Å². The fourth-order valence-electron chi connectivity index (χ4n) is 3.48. The van der Waals surface area contributed by atoms with Gasteiger partial charge in [0.05, 0.1) is 30.5 Å². The Labute approximate surface area is 200 Å². The summed E-state index contributed by atoms with van der Waals surface area (Å²) >= 11 is 3.28. The lowest BCUT2D eigenvalue weighted by Gasteiger charge is -2.08. The van der Waals surface area contributed by atoms with Crippen LogP contribution in [-0.2, 0) is 0 Å². The molecule has 0 bridgehead atoms. The van der Waals surface area contributed by atoms with Crippen molar-refractivity contribution in [3.8, 4) is 39.0 Å². The maximum absolute atomic E-state index is 5.43. The van der Waals surface area contributed by atoms with Gasteiger partial charge < -0.3 is 9.47 Å². The van der Waals surface area contributed by atoms with E-state index in [2.05, 4.69) is 41.2 Å².